The van der Waals surface area contributed by atoms with Gasteiger partial charge in [-0.25, -0.2) is 9.59 Å². The molecule has 44 heavy (non-hydrogen) atoms. The molecule has 0 aliphatic carbocycles. The third kappa shape index (κ3) is 10.7. The molecule has 0 saturated heterocycles. The SMILES string of the molecule is C=C(COC(=O)CCCCCCCCCCCCCCC)C1/C=C\C2=C[C@@H](OC2=O)[C@@H](C(=C)C)c2cc(C(=O)OC)c(o2)C1. The number of fused-ring (bicyclic) bond motifs is 3. The number of hydrogen-bond acceptors (Lipinski definition) is 7. The predicted molar refractivity (Wildman–Crippen MR) is 172 cm³/mol. The third-order valence-corrected chi connectivity index (χ3v) is 8.56. The maximum absolute atomic E-state index is 12.6. The molecule has 0 fully saturated rings. The van der Waals surface area contributed by atoms with Crippen LogP contribution in [0.25, 0.3) is 0 Å². The summed E-state index contributed by atoms with van der Waals surface area (Å²) in [6.45, 7) is 12.4. The van der Waals surface area contributed by atoms with Crippen LogP contribution in [0.3, 0.4) is 0 Å². The highest BCUT2D eigenvalue weighted by molar-refractivity contribution is 5.94. The lowest BCUT2D eigenvalue weighted by atomic mass is 9.90. The lowest BCUT2D eigenvalue weighted by Gasteiger charge is -2.20. The molecule has 4 bridgehead atoms. The topological polar surface area (TPSA) is 92.0 Å². The lowest BCUT2D eigenvalue weighted by Crippen LogP contribution is -2.19. The van der Waals surface area contributed by atoms with Crippen LogP contribution in [0.4, 0.5) is 0 Å². The van der Waals surface area contributed by atoms with Gasteiger partial charge in [0.2, 0.25) is 0 Å². The molecule has 1 unspecified atom stereocenters. The molecule has 0 saturated carbocycles. The predicted octanol–water partition coefficient (Wildman–Crippen LogP) is 8.89. The molecule has 0 radical (unpaired) electrons. The van der Waals surface area contributed by atoms with E-state index in [-0.39, 0.29) is 24.9 Å². The largest absolute Gasteiger partial charge is 0.465 e. The zero-order valence-electron chi connectivity index (χ0n) is 27.1. The van der Waals surface area contributed by atoms with Crippen molar-refractivity contribution in [3.05, 3.63) is 71.3 Å². The second-order valence-corrected chi connectivity index (χ2v) is 12.3. The van der Waals surface area contributed by atoms with Crippen LogP contribution >= 0.6 is 0 Å². The van der Waals surface area contributed by atoms with Gasteiger partial charge >= 0.3 is 17.9 Å². The molecule has 1 aromatic rings. The molecular weight excluding hydrogens is 556 g/mol. The number of rotatable bonds is 19. The fourth-order valence-corrected chi connectivity index (χ4v) is 5.89. The highest BCUT2D eigenvalue weighted by Gasteiger charge is 2.36. The molecule has 3 heterocycles. The standard InChI is InChI=1S/C37H52O7/c1-6-7-8-9-10-11-12-13-14-15-16-17-18-19-34(38)42-25-27(4)28-20-21-29-23-32(44-36(29)39)35(26(2)3)33-24-30(37(40)41-5)31(22-28)43-33/h20-21,23-24,28,32,35H,2,4,6-19,22,25H2,1,3,5H3/b21-20-/t28?,32-,35-/m1/s1. The van der Waals surface area contributed by atoms with Crippen LogP contribution in [0.1, 0.15) is 132 Å². The minimum atomic E-state index is -0.602. The number of methoxy groups -OCH3 is 1. The molecule has 0 aromatic carbocycles. The van der Waals surface area contributed by atoms with E-state index in [4.69, 9.17) is 18.6 Å². The van der Waals surface area contributed by atoms with E-state index in [1.807, 2.05) is 13.0 Å². The number of esters is 3. The van der Waals surface area contributed by atoms with Crippen LogP contribution < -0.4 is 0 Å². The van der Waals surface area contributed by atoms with Gasteiger partial charge < -0.3 is 18.6 Å². The maximum atomic E-state index is 12.6. The highest BCUT2D eigenvalue weighted by Crippen LogP contribution is 2.38. The van der Waals surface area contributed by atoms with Gasteiger partial charge in [0.25, 0.3) is 0 Å². The number of unbranched alkanes of at least 4 members (excludes halogenated alkanes) is 12. The van der Waals surface area contributed by atoms with Crippen molar-refractivity contribution < 1.29 is 33.0 Å². The summed E-state index contributed by atoms with van der Waals surface area (Å²) < 4.78 is 22.4. The molecular formula is C37H52O7. The van der Waals surface area contributed by atoms with Crippen molar-refractivity contribution in [1.82, 2.24) is 0 Å². The summed E-state index contributed by atoms with van der Waals surface area (Å²) in [4.78, 5) is 37.7. The Kier molecular flexibility index (Phi) is 14.7. The van der Waals surface area contributed by atoms with Crippen LogP contribution in [0.2, 0.25) is 0 Å². The molecule has 0 spiro atoms. The average Bonchev–Trinajstić information content (AvgIpc) is 3.57. The van der Waals surface area contributed by atoms with Crippen LogP contribution in [0, 0.1) is 5.92 Å². The second-order valence-electron chi connectivity index (χ2n) is 12.3. The average molecular weight is 609 g/mol. The quantitative estimate of drug-likeness (QED) is 0.0670. The van der Waals surface area contributed by atoms with E-state index >= 15 is 0 Å². The van der Waals surface area contributed by atoms with Gasteiger partial charge in [-0.1, -0.05) is 115 Å². The molecule has 3 atom stereocenters. The first-order chi connectivity index (χ1) is 21.2. The maximum Gasteiger partial charge on any atom is 0.341 e. The van der Waals surface area contributed by atoms with Crippen molar-refractivity contribution in [1.29, 1.82) is 0 Å². The Labute approximate surface area is 263 Å². The van der Waals surface area contributed by atoms with E-state index in [1.54, 1.807) is 18.2 Å². The first kappa shape index (κ1) is 35.1. The fourth-order valence-electron chi connectivity index (χ4n) is 5.89. The van der Waals surface area contributed by atoms with Crippen molar-refractivity contribution >= 4 is 17.9 Å². The second kappa shape index (κ2) is 18.5. The molecule has 242 valence electrons. The zero-order valence-corrected chi connectivity index (χ0v) is 27.1. The monoisotopic (exact) mass is 608 g/mol. The molecule has 2 aliphatic heterocycles. The zero-order chi connectivity index (χ0) is 31.9. The Bertz CT molecular complexity index is 1200. The van der Waals surface area contributed by atoms with Crippen molar-refractivity contribution in [2.75, 3.05) is 13.7 Å². The molecule has 3 rings (SSSR count). The van der Waals surface area contributed by atoms with E-state index in [2.05, 4.69) is 20.1 Å². The number of hydrogen-bond donors (Lipinski definition) is 0. The van der Waals surface area contributed by atoms with Crippen molar-refractivity contribution in [2.24, 2.45) is 5.92 Å². The summed E-state index contributed by atoms with van der Waals surface area (Å²) in [5.41, 5.74) is 2.09. The van der Waals surface area contributed by atoms with Crippen molar-refractivity contribution in [3.63, 3.8) is 0 Å². The van der Waals surface area contributed by atoms with Crippen molar-refractivity contribution in [3.8, 4) is 0 Å². The smallest absolute Gasteiger partial charge is 0.341 e. The van der Waals surface area contributed by atoms with E-state index in [0.717, 1.165) is 24.8 Å². The van der Waals surface area contributed by atoms with Gasteiger partial charge in [-0.15, -0.1) is 0 Å². The fraction of sp³-hybridized carbons (Fsp3) is 0.595. The summed E-state index contributed by atoms with van der Waals surface area (Å²) in [6, 6.07) is 1.64. The van der Waals surface area contributed by atoms with Crippen molar-refractivity contribution in [2.45, 2.75) is 122 Å². The van der Waals surface area contributed by atoms with Crippen LogP contribution in [0.5, 0.6) is 0 Å². The van der Waals surface area contributed by atoms with Gasteiger partial charge in [0, 0.05) is 18.8 Å². The first-order valence-electron chi connectivity index (χ1n) is 16.6. The Morgan fingerprint density at radius 1 is 0.955 bits per heavy atom. The molecule has 0 amide bonds. The molecule has 7 nitrogen and oxygen atoms in total. The van der Waals surface area contributed by atoms with E-state index in [9.17, 15) is 14.4 Å². The lowest BCUT2D eigenvalue weighted by molar-refractivity contribution is -0.143. The minimum Gasteiger partial charge on any atom is -0.465 e. The highest BCUT2D eigenvalue weighted by atomic mass is 16.6. The van der Waals surface area contributed by atoms with Crippen LogP contribution in [-0.4, -0.2) is 37.7 Å². The molecule has 2 aliphatic rings. The molecule has 0 N–H and O–H groups in total. The Hall–Kier alpha value is -3.35. The molecule has 7 heteroatoms. The number of furan rings is 1. The van der Waals surface area contributed by atoms with E-state index < -0.39 is 24.0 Å². The van der Waals surface area contributed by atoms with Gasteiger partial charge in [-0.2, -0.15) is 0 Å². The number of allylic oxidation sites excluding steroid dienone is 1. The number of ether oxygens (including phenoxy) is 3. The third-order valence-electron chi connectivity index (χ3n) is 8.56. The van der Waals surface area contributed by atoms with Crippen LogP contribution in [-0.2, 0) is 30.2 Å². The van der Waals surface area contributed by atoms with Crippen LogP contribution in [0.15, 0.2) is 58.6 Å². The summed E-state index contributed by atoms with van der Waals surface area (Å²) >= 11 is 0. The summed E-state index contributed by atoms with van der Waals surface area (Å²) in [6.07, 6.45) is 21.6. The minimum absolute atomic E-state index is 0.0356. The summed E-state index contributed by atoms with van der Waals surface area (Å²) in [5, 5.41) is 0. The number of carbonyl (C=O) groups is 3. The van der Waals surface area contributed by atoms with Gasteiger partial charge in [0.1, 0.15) is 29.8 Å². The Morgan fingerprint density at radius 3 is 2.16 bits per heavy atom. The van der Waals surface area contributed by atoms with Gasteiger partial charge in [-0.3, -0.25) is 4.79 Å². The van der Waals surface area contributed by atoms with Gasteiger partial charge in [-0.05, 0) is 31.1 Å². The van der Waals surface area contributed by atoms with Gasteiger partial charge in [0.15, 0.2) is 0 Å². The van der Waals surface area contributed by atoms with Gasteiger partial charge in [0.05, 0.1) is 18.6 Å². The summed E-state index contributed by atoms with van der Waals surface area (Å²) in [5.74, 6) is -1.13. The first-order valence-corrected chi connectivity index (χ1v) is 16.6. The molecule has 1 aromatic heterocycles. The number of carbonyl (C=O) groups excluding carboxylic acids is 3. The summed E-state index contributed by atoms with van der Waals surface area (Å²) in [7, 11) is 1.32. The van der Waals surface area contributed by atoms with E-state index in [0.29, 0.717) is 34.7 Å². The van der Waals surface area contributed by atoms with E-state index in [1.165, 1.54) is 71.3 Å². The Balaban J connectivity index is 1.48. The Morgan fingerprint density at radius 2 is 1.57 bits per heavy atom. The normalized spacial score (nSPS) is 19.8.